The van der Waals surface area contributed by atoms with Crippen molar-refractivity contribution < 1.29 is 4.74 Å². The van der Waals surface area contributed by atoms with Gasteiger partial charge in [-0.3, -0.25) is 0 Å². The van der Waals surface area contributed by atoms with Crippen LogP contribution in [0.25, 0.3) is 0 Å². The largest absolute Gasteiger partial charge is 0.381 e. The van der Waals surface area contributed by atoms with E-state index in [0.29, 0.717) is 0 Å². The number of rotatable bonds is 7. The van der Waals surface area contributed by atoms with E-state index in [4.69, 9.17) is 4.74 Å². The highest BCUT2D eigenvalue weighted by molar-refractivity contribution is 9.10. The predicted molar refractivity (Wildman–Crippen MR) is 86.9 cm³/mol. The molecule has 1 N–H and O–H groups in total. The van der Waals surface area contributed by atoms with Gasteiger partial charge in [0.1, 0.15) is 0 Å². The van der Waals surface area contributed by atoms with Crippen LogP contribution in [0.2, 0.25) is 0 Å². The molecule has 0 radical (unpaired) electrons. The van der Waals surface area contributed by atoms with E-state index in [1.54, 1.807) is 0 Å². The van der Waals surface area contributed by atoms with Crippen molar-refractivity contribution in [3.8, 4) is 0 Å². The summed E-state index contributed by atoms with van der Waals surface area (Å²) < 4.78 is 6.79. The third-order valence-corrected chi connectivity index (χ3v) is 4.43. The molecule has 112 valence electrons. The molecule has 2 rings (SSSR count). The Labute approximate surface area is 130 Å². The number of halogens is 1. The highest BCUT2D eigenvalue weighted by Gasteiger charge is 2.35. The van der Waals surface area contributed by atoms with Crippen LogP contribution in [0.15, 0.2) is 28.7 Å². The second-order valence-corrected chi connectivity index (χ2v) is 6.80. The van der Waals surface area contributed by atoms with Crippen molar-refractivity contribution in [1.29, 1.82) is 0 Å². The molecule has 0 aromatic heterocycles. The van der Waals surface area contributed by atoms with Gasteiger partial charge in [0.25, 0.3) is 0 Å². The maximum Gasteiger partial charge on any atom is 0.0547 e. The summed E-state index contributed by atoms with van der Waals surface area (Å²) >= 11 is 3.48. The summed E-state index contributed by atoms with van der Waals surface area (Å²) in [5.41, 5.74) is 1.63. The molecule has 1 aliphatic rings. The van der Waals surface area contributed by atoms with Crippen LogP contribution in [0.5, 0.6) is 0 Å². The van der Waals surface area contributed by atoms with Crippen LogP contribution in [-0.2, 0) is 11.3 Å². The van der Waals surface area contributed by atoms with Gasteiger partial charge in [0.15, 0.2) is 0 Å². The lowest BCUT2D eigenvalue weighted by Crippen LogP contribution is -2.43. The molecule has 1 atom stereocenters. The minimum absolute atomic E-state index is 0.278. The zero-order valence-corrected chi connectivity index (χ0v) is 14.1. The number of ether oxygens (including phenoxy) is 1. The third-order valence-electron chi connectivity index (χ3n) is 3.91. The van der Waals surface area contributed by atoms with Crippen LogP contribution < -0.4 is 5.32 Å². The molecule has 0 aliphatic carbocycles. The Balaban J connectivity index is 1.91. The number of nitrogens with one attached hydrogen (secondary N) is 1. The van der Waals surface area contributed by atoms with Gasteiger partial charge in [-0.25, -0.2) is 0 Å². The first kappa shape index (κ1) is 16.0. The molecule has 0 amide bonds. The van der Waals surface area contributed by atoms with Crippen LogP contribution in [0, 0.1) is 5.41 Å². The fourth-order valence-electron chi connectivity index (χ4n) is 2.89. The standard InChI is InChI=1S/C16H25BrN2O/c1-3-18-11-16(8-9-20-13-16)12-19(2)10-14-4-6-15(17)7-5-14/h4-7,18H,3,8-13H2,1-2H3. The summed E-state index contributed by atoms with van der Waals surface area (Å²) in [6.45, 7) is 8.08. The lowest BCUT2D eigenvalue weighted by Gasteiger charge is -2.32. The van der Waals surface area contributed by atoms with Crippen LogP contribution in [0.3, 0.4) is 0 Å². The highest BCUT2D eigenvalue weighted by Crippen LogP contribution is 2.29. The second-order valence-electron chi connectivity index (χ2n) is 5.88. The average molecular weight is 341 g/mol. The van der Waals surface area contributed by atoms with Crippen LogP contribution >= 0.6 is 15.9 Å². The summed E-state index contributed by atoms with van der Waals surface area (Å²) in [4.78, 5) is 2.41. The van der Waals surface area contributed by atoms with Crippen molar-refractivity contribution in [2.45, 2.75) is 19.9 Å². The SMILES string of the molecule is CCNCC1(CN(C)Cc2ccc(Br)cc2)CCOC1. The maximum absolute atomic E-state index is 5.65. The van der Waals surface area contributed by atoms with Gasteiger partial charge < -0.3 is 15.0 Å². The maximum atomic E-state index is 5.65. The van der Waals surface area contributed by atoms with Gasteiger partial charge in [0.05, 0.1) is 6.61 Å². The molecule has 1 heterocycles. The molecule has 1 aromatic carbocycles. The molecular weight excluding hydrogens is 316 g/mol. The lowest BCUT2D eigenvalue weighted by atomic mass is 9.86. The Hall–Kier alpha value is -0.420. The molecule has 3 nitrogen and oxygen atoms in total. The highest BCUT2D eigenvalue weighted by atomic mass is 79.9. The van der Waals surface area contributed by atoms with Crippen molar-refractivity contribution in [1.82, 2.24) is 10.2 Å². The molecule has 4 heteroatoms. The fraction of sp³-hybridized carbons (Fsp3) is 0.625. The minimum Gasteiger partial charge on any atom is -0.381 e. The summed E-state index contributed by atoms with van der Waals surface area (Å²) in [6, 6.07) is 8.58. The van der Waals surface area contributed by atoms with E-state index >= 15 is 0 Å². The summed E-state index contributed by atoms with van der Waals surface area (Å²) in [5, 5.41) is 3.49. The van der Waals surface area contributed by atoms with E-state index in [1.807, 2.05) is 0 Å². The van der Waals surface area contributed by atoms with E-state index in [1.165, 1.54) is 5.56 Å². The Morgan fingerprint density at radius 2 is 2.10 bits per heavy atom. The monoisotopic (exact) mass is 340 g/mol. The van der Waals surface area contributed by atoms with E-state index in [-0.39, 0.29) is 5.41 Å². The van der Waals surface area contributed by atoms with Crippen LogP contribution in [-0.4, -0.2) is 44.8 Å². The normalized spacial score (nSPS) is 22.6. The van der Waals surface area contributed by atoms with Crippen LogP contribution in [0.4, 0.5) is 0 Å². The van der Waals surface area contributed by atoms with Crippen molar-refractivity contribution in [2.75, 3.05) is 39.9 Å². The molecule has 1 aromatic rings. The van der Waals surface area contributed by atoms with E-state index < -0.39 is 0 Å². The van der Waals surface area contributed by atoms with Gasteiger partial charge in [0.2, 0.25) is 0 Å². The topological polar surface area (TPSA) is 24.5 Å². The molecular formula is C16H25BrN2O. The zero-order valence-electron chi connectivity index (χ0n) is 12.5. The summed E-state index contributed by atoms with van der Waals surface area (Å²) in [5.74, 6) is 0. The lowest BCUT2D eigenvalue weighted by molar-refractivity contribution is 0.117. The Bertz CT molecular complexity index is 401. The molecule has 1 unspecified atom stereocenters. The van der Waals surface area contributed by atoms with Gasteiger partial charge in [-0.05, 0) is 37.7 Å². The minimum atomic E-state index is 0.278. The Morgan fingerprint density at radius 1 is 1.35 bits per heavy atom. The molecule has 0 bridgehead atoms. The van der Waals surface area contributed by atoms with Gasteiger partial charge in [0, 0.05) is 36.1 Å². The van der Waals surface area contributed by atoms with Crippen molar-refractivity contribution >= 4 is 15.9 Å². The van der Waals surface area contributed by atoms with Crippen molar-refractivity contribution in [3.05, 3.63) is 34.3 Å². The Kier molecular flexibility index (Phi) is 6.02. The second kappa shape index (κ2) is 7.55. The summed E-state index contributed by atoms with van der Waals surface area (Å²) in [7, 11) is 2.20. The van der Waals surface area contributed by atoms with Crippen molar-refractivity contribution in [3.63, 3.8) is 0 Å². The van der Waals surface area contributed by atoms with Gasteiger partial charge >= 0.3 is 0 Å². The molecule has 1 fully saturated rings. The van der Waals surface area contributed by atoms with E-state index in [9.17, 15) is 0 Å². The van der Waals surface area contributed by atoms with Gasteiger partial charge in [-0.1, -0.05) is 35.0 Å². The van der Waals surface area contributed by atoms with Gasteiger partial charge in [-0.2, -0.15) is 0 Å². The smallest absolute Gasteiger partial charge is 0.0547 e. The number of hydrogen-bond donors (Lipinski definition) is 1. The molecule has 0 spiro atoms. The van der Waals surface area contributed by atoms with E-state index in [0.717, 1.165) is 50.3 Å². The zero-order chi connectivity index (χ0) is 14.4. The molecule has 20 heavy (non-hydrogen) atoms. The Morgan fingerprint density at radius 3 is 2.70 bits per heavy atom. The number of hydrogen-bond acceptors (Lipinski definition) is 3. The first-order chi connectivity index (χ1) is 9.63. The first-order valence-corrected chi connectivity index (χ1v) is 8.14. The quantitative estimate of drug-likeness (QED) is 0.825. The third kappa shape index (κ3) is 4.55. The molecule has 1 aliphatic heterocycles. The molecule has 0 saturated carbocycles. The average Bonchev–Trinajstić information content (AvgIpc) is 2.88. The number of benzene rings is 1. The van der Waals surface area contributed by atoms with Crippen molar-refractivity contribution in [2.24, 2.45) is 5.41 Å². The first-order valence-electron chi connectivity index (χ1n) is 7.35. The van der Waals surface area contributed by atoms with Gasteiger partial charge in [-0.15, -0.1) is 0 Å². The molecule has 1 saturated heterocycles. The predicted octanol–water partition coefficient (Wildman–Crippen LogP) is 2.90. The van der Waals surface area contributed by atoms with E-state index in [2.05, 4.69) is 64.4 Å². The van der Waals surface area contributed by atoms with Crippen LogP contribution in [0.1, 0.15) is 18.9 Å². The fourth-order valence-corrected chi connectivity index (χ4v) is 3.15. The summed E-state index contributed by atoms with van der Waals surface area (Å²) in [6.07, 6.45) is 1.16. The number of nitrogens with zero attached hydrogens (tertiary/aromatic N) is 1.